The fraction of sp³-hybridized carbons (Fsp3) is 0.438. The van der Waals surface area contributed by atoms with Gasteiger partial charge in [0.2, 0.25) is 0 Å². The van der Waals surface area contributed by atoms with Gasteiger partial charge in [-0.15, -0.1) is 0 Å². The van der Waals surface area contributed by atoms with Crippen LogP contribution in [0, 0.1) is 0 Å². The molecule has 1 aliphatic rings. The Morgan fingerprint density at radius 1 is 1.46 bits per heavy atom. The maximum absolute atomic E-state index is 12.7. The van der Waals surface area contributed by atoms with Crippen LogP contribution in [0.5, 0.6) is 0 Å². The third-order valence-corrected chi connectivity index (χ3v) is 4.35. The minimum Gasteiger partial charge on any atom is -0.480 e. The summed E-state index contributed by atoms with van der Waals surface area (Å²) < 4.78 is 0. The third-order valence-electron chi connectivity index (χ3n) is 4.03. The lowest BCUT2D eigenvalue weighted by atomic mass is 10.1. The van der Waals surface area contributed by atoms with E-state index in [1.165, 1.54) is 15.9 Å². The van der Waals surface area contributed by atoms with Crippen LogP contribution in [-0.4, -0.2) is 53.6 Å². The monoisotopic (exact) mass is 353 g/mol. The molecule has 130 valence electrons. The molecule has 3 amide bonds. The van der Waals surface area contributed by atoms with Gasteiger partial charge in [0.15, 0.2) is 0 Å². The summed E-state index contributed by atoms with van der Waals surface area (Å²) in [6, 6.07) is 4.13. The van der Waals surface area contributed by atoms with Gasteiger partial charge in [0.1, 0.15) is 6.54 Å². The van der Waals surface area contributed by atoms with Gasteiger partial charge in [0.05, 0.1) is 10.7 Å². The van der Waals surface area contributed by atoms with Crippen molar-refractivity contribution in [2.45, 2.75) is 26.3 Å². The van der Waals surface area contributed by atoms with E-state index in [2.05, 4.69) is 5.32 Å². The van der Waals surface area contributed by atoms with Crippen LogP contribution in [0.1, 0.15) is 30.6 Å². The summed E-state index contributed by atoms with van der Waals surface area (Å²) in [5.41, 5.74) is 0.743. The number of halogens is 1. The summed E-state index contributed by atoms with van der Waals surface area (Å²) in [6.07, 6.45) is 0.633. The molecule has 0 radical (unpaired) electrons. The zero-order valence-corrected chi connectivity index (χ0v) is 14.3. The van der Waals surface area contributed by atoms with Crippen LogP contribution in [0.25, 0.3) is 0 Å². The number of rotatable bonds is 6. The predicted molar refractivity (Wildman–Crippen MR) is 90.6 cm³/mol. The predicted octanol–water partition coefficient (Wildman–Crippen LogP) is 2.19. The van der Waals surface area contributed by atoms with Crippen molar-refractivity contribution in [3.8, 4) is 0 Å². The van der Waals surface area contributed by atoms with Crippen molar-refractivity contribution in [2.24, 2.45) is 0 Å². The number of nitrogens with zero attached hydrogens (tertiary/aromatic N) is 2. The molecular weight excluding hydrogens is 334 g/mol. The largest absolute Gasteiger partial charge is 0.480 e. The first-order valence-corrected chi connectivity index (χ1v) is 8.10. The molecule has 1 fully saturated rings. The van der Waals surface area contributed by atoms with Gasteiger partial charge in [-0.05, 0) is 31.5 Å². The first kappa shape index (κ1) is 18.1. The maximum atomic E-state index is 12.7. The van der Waals surface area contributed by atoms with Crippen LogP contribution in [0.2, 0.25) is 5.02 Å². The highest BCUT2D eigenvalue weighted by Gasteiger charge is 2.27. The van der Waals surface area contributed by atoms with E-state index in [0.29, 0.717) is 35.8 Å². The number of benzene rings is 1. The van der Waals surface area contributed by atoms with Gasteiger partial charge in [0.25, 0.3) is 5.91 Å². The van der Waals surface area contributed by atoms with Crippen LogP contribution in [0.15, 0.2) is 18.2 Å². The number of aliphatic carboxylic acids is 1. The van der Waals surface area contributed by atoms with E-state index in [1.807, 2.05) is 6.92 Å². The summed E-state index contributed by atoms with van der Waals surface area (Å²) in [5, 5.41) is 12.1. The Morgan fingerprint density at radius 3 is 2.71 bits per heavy atom. The van der Waals surface area contributed by atoms with Gasteiger partial charge >= 0.3 is 12.0 Å². The number of carbonyl (C=O) groups is 3. The fourth-order valence-corrected chi connectivity index (χ4v) is 2.73. The zero-order chi connectivity index (χ0) is 17.9. The standard InChI is InChI=1S/C16H20ClN3O4/c1-3-10(2)20(9-14(21)22)15(23)11-4-5-12(17)13(8-11)19-7-6-18-16(19)24/h4-5,8,10H,3,6-7,9H2,1-2H3,(H,18,24)(H,21,22). The van der Waals surface area contributed by atoms with Gasteiger partial charge in [-0.3, -0.25) is 14.5 Å². The molecule has 1 atom stereocenters. The average molecular weight is 354 g/mol. The van der Waals surface area contributed by atoms with Crippen LogP contribution >= 0.6 is 11.6 Å². The number of carbonyl (C=O) groups excluding carboxylic acids is 2. The highest BCUT2D eigenvalue weighted by molar-refractivity contribution is 6.34. The number of carboxylic acid groups (broad SMARTS) is 1. The highest BCUT2D eigenvalue weighted by Crippen LogP contribution is 2.29. The normalized spacial score (nSPS) is 15.1. The number of amides is 3. The van der Waals surface area contributed by atoms with Gasteiger partial charge in [-0.25, -0.2) is 4.79 Å². The summed E-state index contributed by atoms with van der Waals surface area (Å²) in [4.78, 5) is 38.4. The number of carboxylic acids is 1. The first-order valence-electron chi connectivity index (χ1n) is 7.72. The van der Waals surface area contributed by atoms with Crippen LogP contribution in [0.3, 0.4) is 0 Å². The van der Waals surface area contributed by atoms with Crippen molar-refractivity contribution in [1.82, 2.24) is 10.2 Å². The molecule has 0 saturated carbocycles. The molecule has 0 aliphatic carbocycles. The zero-order valence-electron chi connectivity index (χ0n) is 13.6. The van der Waals surface area contributed by atoms with E-state index in [-0.39, 0.29) is 18.6 Å². The summed E-state index contributed by atoms with van der Waals surface area (Å²) in [6.45, 7) is 4.27. The molecule has 24 heavy (non-hydrogen) atoms. The Bertz CT molecular complexity index is 665. The number of urea groups is 1. The molecule has 0 aromatic heterocycles. The van der Waals surface area contributed by atoms with E-state index in [0.717, 1.165) is 0 Å². The second-order valence-corrected chi connectivity index (χ2v) is 6.04. The Hall–Kier alpha value is -2.28. The molecule has 1 heterocycles. The topological polar surface area (TPSA) is 90.0 Å². The molecule has 7 nitrogen and oxygen atoms in total. The number of anilines is 1. The molecule has 1 aliphatic heterocycles. The molecule has 1 aromatic carbocycles. The Balaban J connectivity index is 2.34. The van der Waals surface area contributed by atoms with E-state index in [4.69, 9.17) is 16.7 Å². The maximum Gasteiger partial charge on any atom is 0.323 e. The van der Waals surface area contributed by atoms with Gasteiger partial charge in [-0.2, -0.15) is 0 Å². The molecule has 2 rings (SSSR count). The van der Waals surface area contributed by atoms with Gasteiger partial charge in [0, 0.05) is 24.7 Å². The molecule has 1 unspecified atom stereocenters. The molecule has 0 spiro atoms. The third kappa shape index (κ3) is 3.79. The average Bonchev–Trinajstić information content (AvgIpc) is 2.97. The first-order chi connectivity index (χ1) is 11.3. The Labute approximate surface area is 145 Å². The molecule has 8 heteroatoms. The molecule has 2 N–H and O–H groups in total. The Morgan fingerprint density at radius 2 is 2.17 bits per heavy atom. The quantitative estimate of drug-likeness (QED) is 0.820. The van der Waals surface area contributed by atoms with Crippen LogP contribution in [0.4, 0.5) is 10.5 Å². The minimum absolute atomic E-state index is 0.220. The van der Waals surface area contributed by atoms with Crippen LogP contribution in [-0.2, 0) is 4.79 Å². The number of hydrogen-bond donors (Lipinski definition) is 2. The lowest BCUT2D eigenvalue weighted by Gasteiger charge is -2.27. The summed E-state index contributed by atoms with van der Waals surface area (Å²) in [5.74, 6) is -1.47. The van der Waals surface area contributed by atoms with Crippen molar-refractivity contribution in [2.75, 3.05) is 24.5 Å². The lowest BCUT2D eigenvalue weighted by molar-refractivity contribution is -0.138. The highest BCUT2D eigenvalue weighted by atomic mass is 35.5. The summed E-state index contributed by atoms with van der Waals surface area (Å²) >= 11 is 6.16. The van der Waals surface area contributed by atoms with E-state index in [1.54, 1.807) is 19.1 Å². The van der Waals surface area contributed by atoms with E-state index < -0.39 is 11.9 Å². The van der Waals surface area contributed by atoms with Crippen molar-refractivity contribution in [3.63, 3.8) is 0 Å². The van der Waals surface area contributed by atoms with Crippen molar-refractivity contribution < 1.29 is 19.5 Å². The van der Waals surface area contributed by atoms with Crippen molar-refractivity contribution in [1.29, 1.82) is 0 Å². The van der Waals surface area contributed by atoms with Gasteiger partial charge in [-0.1, -0.05) is 18.5 Å². The second kappa shape index (κ2) is 7.53. The van der Waals surface area contributed by atoms with E-state index >= 15 is 0 Å². The smallest absolute Gasteiger partial charge is 0.323 e. The summed E-state index contributed by atoms with van der Waals surface area (Å²) in [7, 11) is 0. The SMILES string of the molecule is CCC(C)N(CC(=O)O)C(=O)c1ccc(Cl)c(N2CCNC2=O)c1. The van der Waals surface area contributed by atoms with Crippen molar-refractivity contribution in [3.05, 3.63) is 28.8 Å². The number of hydrogen-bond acceptors (Lipinski definition) is 3. The number of nitrogens with one attached hydrogen (secondary N) is 1. The second-order valence-electron chi connectivity index (χ2n) is 5.63. The molecule has 1 saturated heterocycles. The minimum atomic E-state index is -1.07. The molecule has 1 aromatic rings. The van der Waals surface area contributed by atoms with Crippen LogP contribution < -0.4 is 10.2 Å². The van der Waals surface area contributed by atoms with Gasteiger partial charge < -0.3 is 15.3 Å². The molecular formula is C16H20ClN3O4. The van der Waals surface area contributed by atoms with Crippen molar-refractivity contribution >= 4 is 35.2 Å². The van der Waals surface area contributed by atoms with E-state index in [9.17, 15) is 14.4 Å². The fourth-order valence-electron chi connectivity index (χ4n) is 2.51. The lowest BCUT2D eigenvalue weighted by Crippen LogP contribution is -2.41. The molecule has 0 bridgehead atoms. The Kier molecular flexibility index (Phi) is 5.66.